The molecule has 12 nitrogen and oxygen atoms in total. The maximum absolute atomic E-state index is 14.0. The molecule has 2 bridgehead atoms. The van der Waals surface area contributed by atoms with E-state index >= 15 is 0 Å². The van der Waals surface area contributed by atoms with Gasteiger partial charge in [-0.3, -0.25) is 24.4 Å². The summed E-state index contributed by atoms with van der Waals surface area (Å²) in [6, 6.07) is 16.7. The van der Waals surface area contributed by atoms with Gasteiger partial charge < -0.3 is 14.8 Å². The molecule has 0 unspecified atom stereocenters. The molecule has 2 amide bonds. The SMILES string of the molecule is CC(C)(C)[C@H](CC(=O)c1cc2ccccc2[nH]1)C(=O)N1C[C@@H]2C[C@H]1CN2C(=O)c1ccc(-c2ccc(-c3nn[nH]n3)cn2)cn1. The van der Waals surface area contributed by atoms with Crippen molar-refractivity contribution in [3.63, 3.8) is 0 Å². The Balaban J connectivity index is 1.00. The number of aromatic nitrogens is 7. The normalized spacial score (nSPS) is 18.5. The number of likely N-dealkylation sites (tertiary alicyclic amines) is 2. The van der Waals surface area contributed by atoms with Gasteiger partial charge in [0.2, 0.25) is 11.7 Å². The number of para-hydroxylation sites is 1. The van der Waals surface area contributed by atoms with E-state index in [1.807, 2.05) is 79.1 Å². The first-order valence-corrected chi connectivity index (χ1v) is 15.0. The molecule has 2 N–H and O–H groups in total. The second-order valence-electron chi connectivity index (χ2n) is 12.9. The lowest BCUT2D eigenvalue weighted by Crippen LogP contribution is -2.53. The number of hydrogen-bond acceptors (Lipinski definition) is 8. The molecule has 12 heteroatoms. The Morgan fingerprint density at radius 1 is 0.933 bits per heavy atom. The van der Waals surface area contributed by atoms with Gasteiger partial charge in [0.15, 0.2) is 5.78 Å². The van der Waals surface area contributed by atoms with Gasteiger partial charge >= 0.3 is 0 Å². The number of fused-ring (bicyclic) bond motifs is 3. The lowest BCUT2D eigenvalue weighted by atomic mass is 9.76. The molecule has 2 saturated heterocycles. The summed E-state index contributed by atoms with van der Waals surface area (Å²) in [6.07, 6.45) is 4.15. The monoisotopic (exact) mass is 603 g/mol. The van der Waals surface area contributed by atoms with Gasteiger partial charge in [-0.05, 0) is 53.4 Å². The third-order valence-electron chi connectivity index (χ3n) is 8.99. The number of carbonyl (C=O) groups excluding carboxylic acids is 3. The van der Waals surface area contributed by atoms with Crippen LogP contribution in [0.2, 0.25) is 0 Å². The summed E-state index contributed by atoms with van der Waals surface area (Å²) in [5, 5.41) is 14.9. The van der Waals surface area contributed by atoms with Gasteiger partial charge in [-0.2, -0.15) is 5.21 Å². The molecule has 0 saturated carbocycles. The van der Waals surface area contributed by atoms with Crippen LogP contribution in [-0.4, -0.2) is 88.1 Å². The summed E-state index contributed by atoms with van der Waals surface area (Å²) in [7, 11) is 0. The molecule has 7 rings (SSSR count). The van der Waals surface area contributed by atoms with Gasteiger partial charge in [0.05, 0.1) is 29.4 Å². The number of nitrogens with zero attached hydrogens (tertiary/aromatic N) is 7. The molecule has 45 heavy (non-hydrogen) atoms. The molecular formula is C33H33N9O3. The van der Waals surface area contributed by atoms with Crippen molar-refractivity contribution in [2.75, 3.05) is 13.1 Å². The Kier molecular flexibility index (Phi) is 6.99. The van der Waals surface area contributed by atoms with E-state index in [2.05, 4.69) is 35.6 Å². The highest BCUT2D eigenvalue weighted by Gasteiger charge is 2.50. The smallest absolute Gasteiger partial charge is 0.272 e. The number of tetrazole rings is 1. The lowest BCUT2D eigenvalue weighted by molar-refractivity contribution is -0.141. The number of rotatable bonds is 7. The zero-order valence-corrected chi connectivity index (χ0v) is 25.3. The number of amides is 2. The van der Waals surface area contributed by atoms with Gasteiger partial charge in [-0.1, -0.05) is 39.0 Å². The molecule has 2 aliphatic heterocycles. The van der Waals surface area contributed by atoms with Gasteiger partial charge in [0.25, 0.3) is 5.91 Å². The highest BCUT2D eigenvalue weighted by Crippen LogP contribution is 2.38. The second-order valence-corrected chi connectivity index (χ2v) is 12.9. The fourth-order valence-electron chi connectivity index (χ4n) is 6.47. The molecule has 228 valence electrons. The number of Topliss-reactive ketones (excluding diaryl/α,β-unsaturated/α-hetero) is 1. The molecule has 0 radical (unpaired) electrons. The molecule has 3 atom stereocenters. The van der Waals surface area contributed by atoms with E-state index in [1.54, 1.807) is 18.5 Å². The van der Waals surface area contributed by atoms with Crippen molar-refractivity contribution >= 4 is 28.5 Å². The number of carbonyl (C=O) groups is 3. The minimum atomic E-state index is -0.482. The van der Waals surface area contributed by atoms with E-state index in [-0.39, 0.29) is 36.1 Å². The van der Waals surface area contributed by atoms with Crippen molar-refractivity contribution in [2.24, 2.45) is 11.3 Å². The van der Waals surface area contributed by atoms with Gasteiger partial charge in [-0.25, -0.2) is 0 Å². The predicted octanol–water partition coefficient (Wildman–Crippen LogP) is 4.17. The van der Waals surface area contributed by atoms with Crippen LogP contribution in [0, 0.1) is 11.3 Å². The van der Waals surface area contributed by atoms with Crippen LogP contribution in [-0.2, 0) is 4.79 Å². The molecule has 2 fully saturated rings. The number of ketones is 1. The van der Waals surface area contributed by atoms with Gasteiger partial charge in [0, 0.05) is 53.9 Å². The van der Waals surface area contributed by atoms with E-state index < -0.39 is 11.3 Å². The molecule has 1 aromatic carbocycles. The van der Waals surface area contributed by atoms with Crippen LogP contribution in [0.15, 0.2) is 67.0 Å². The highest BCUT2D eigenvalue weighted by atomic mass is 16.2. The standard InChI is InChI=1S/C33H33N9O3/c1-33(2,3)24(14-29(43)28-12-19-6-4-5-7-26(19)36-28)31(44)41-17-23-13-22(41)18-42(23)32(45)27-11-8-20(15-35-27)25-10-9-21(16-34-25)30-37-39-40-38-30/h4-12,15-16,22-24,36H,13-14,17-18H2,1-3H3,(H,37,38,39,40)/t22-,23-,24+/m0/s1. The topological polar surface area (TPSA) is 154 Å². The third kappa shape index (κ3) is 5.36. The summed E-state index contributed by atoms with van der Waals surface area (Å²) >= 11 is 0. The molecule has 2 aliphatic rings. The number of aromatic amines is 2. The Morgan fingerprint density at radius 3 is 2.33 bits per heavy atom. The Morgan fingerprint density at radius 2 is 1.69 bits per heavy atom. The van der Waals surface area contributed by atoms with Crippen molar-refractivity contribution in [1.29, 1.82) is 0 Å². The fraction of sp³-hybridized carbons (Fsp3) is 0.333. The molecule has 0 aliphatic carbocycles. The average molecular weight is 604 g/mol. The van der Waals surface area contributed by atoms with Crippen LogP contribution in [0.4, 0.5) is 0 Å². The van der Waals surface area contributed by atoms with Crippen LogP contribution in [0.5, 0.6) is 0 Å². The highest BCUT2D eigenvalue weighted by molar-refractivity contribution is 6.01. The maximum Gasteiger partial charge on any atom is 0.272 e. The first-order valence-electron chi connectivity index (χ1n) is 15.0. The maximum atomic E-state index is 14.0. The molecule has 4 aromatic heterocycles. The van der Waals surface area contributed by atoms with Crippen molar-refractivity contribution in [1.82, 2.24) is 45.4 Å². The third-order valence-corrected chi connectivity index (χ3v) is 8.99. The Hall–Kier alpha value is -5.26. The van der Waals surface area contributed by atoms with Crippen LogP contribution in [0.3, 0.4) is 0 Å². The van der Waals surface area contributed by atoms with Crippen molar-refractivity contribution < 1.29 is 14.4 Å². The number of nitrogens with one attached hydrogen (secondary N) is 2. The van der Waals surface area contributed by atoms with Crippen molar-refractivity contribution in [2.45, 2.75) is 45.7 Å². The zero-order valence-electron chi connectivity index (χ0n) is 25.3. The van der Waals surface area contributed by atoms with E-state index in [4.69, 9.17) is 0 Å². The number of hydrogen-bond donors (Lipinski definition) is 2. The minimum Gasteiger partial charge on any atom is -0.352 e. The summed E-state index contributed by atoms with van der Waals surface area (Å²) in [6.45, 7) is 6.92. The molecule has 0 spiro atoms. The number of pyridine rings is 2. The van der Waals surface area contributed by atoms with E-state index in [1.165, 1.54) is 0 Å². The van der Waals surface area contributed by atoms with Crippen LogP contribution < -0.4 is 0 Å². The van der Waals surface area contributed by atoms with Crippen LogP contribution in [0.1, 0.15) is 54.6 Å². The first-order chi connectivity index (χ1) is 21.7. The minimum absolute atomic E-state index is 0.0214. The second kappa shape index (κ2) is 11.0. The summed E-state index contributed by atoms with van der Waals surface area (Å²) in [5.74, 6) is -0.270. The predicted molar refractivity (Wildman–Crippen MR) is 166 cm³/mol. The van der Waals surface area contributed by atoms with Gasteiger partial charge in [-0.15, -0.1) is 10.2 Å². The Labute approximate surface area is 259 Å². The summed E-state index contributed by atoms with van der Waals surface area (Å²) in [4.78, 5) is 56.6. The van der Waals surface area contributed by atoms with Crippen molar-refractivity contribution in [3.8, 4) is 22.6 Å². The molecular weight excluding hydrogens is 570 g/mol. The largest absolute Gasteiger partial charge is 0.352 e. The van der Waals surface area contributed by atoms with Crippen LogP contribution >= 0.6 is 0 Å². The van der Waals surface area contributed by atoms with E-state index in [0.29, 0.717) is 36.0 Å². The van der Waals surface area contributed by atoms with E-state index in [9.17, 15) is 14.4 Å². The van der Waals surface area contributed by atoms with Crippen molar-refractivity contribution in [3.05, 3.63) is 78.4 Å². The van der Waals surface area contributed by atoms with Gasteiger partial charge in [0.1, 0.15) is 5.69 Å². The van der Waals surface area contributed by atoms with Crippen LogP contribution in [0.25, 0.3) is 33.5 Å². The first kappa shape index (κ1) is 28.5. The average Bonchev–Trinajstić information content (AvgIpc) is 3.86. The number of benzene rings is 1. The zero-order chi connectivity index (χ0) is 31.3. The number of H-pyrrole nitrogens is 2. The fourth-order valence-corrected chi connectivity index (χ4v) is 6.47. The quantitative estimate of drug-likeness (QED) is 0.263. The number of piperazine rings is 1. The summed E-state index contributed by atoms with van der Waals surface area (Å²) < 4.78 is 0. The molecule has 5 aromatic rings. The molecule has 6 heterocycles. The Bertz CT molecular complexity index is 1840. The summed E-state index contributed by atoms with van der Waals surface area (Å²) in [5.41, 5.74) is 3.58. The van der Waals surface area contributed by atoms with E-state index in [0.717, 1.165) is 28.5 Å². The lowest BCUT2D eigenvalue weighted by Gasteiger charge is -2.39.